The van der Waals surface area contributed by atoms with Crippen LogP contribution in [0.2, 0.25) is 0 Å². The van der Waals surface area contributed by atoms with Crippen molar-refractivity contribution in [2.24, 2.45) is 5.92 Å². The normalized spacial score (nSPS) is 25.9. The molecule has 0 aliphatic carbocycles. The Hall–Kier alpha value is -2.22. The average molecular weight is 372 g/mol. The van der Waals surface area contributed by atoms with Gasteiger partial charge >= 0.3 is 6.03 Å². The van der Waals surface area contributed by atoms with Crippen molar-refractivity contribution < 1.29 is 9.59 Å². The monoisotopic (exact) mass is 372 g/mol. The van der Waals surface area contributed by atoms with Crippen molar-refractivity contribution in [2.75, 3.05) is 38.1 Å². The van der Waals surface area contributed by atoms with E-state index in [1.165, 1.54) is 17.7 Å². The molecular weight excluding hydrogens is 344 g/mol. The van der Waals surface area contributed by atoms with Crippen LogP contribution in [0.25, 0.3) is 0 Å². The fourth-order valence-electron chi connectivity index (χ4n) is 4.41. The summed E-state index contributed by atoms with van der Waals surface area (Å²) in [6.07, 6.45) is 7.61. The fourth-order valence-corrected chi connectivity index (χ4v) is 4.41. The molecule has 8 heteroatoms. The van der Waals surface area contributed by atoms with E-state index >= 15 is 0 Å². The van der Waals surface area contributed by atoms with Crippen molar-refractivity contribution in [2.45, 2.75) is 44.7 Å². The number of imide groups is 1. The molecule has 1 spiro atoms. The largest absolute Gasteiger partial charge is 0.341 e. The summed E-state index contributed by atoms with van der Waals surface area (Å²) >= 11 is 0. The summed E-state index contributed by atoms with van der Waals surface area (Å²) < 4.78 is 0. The molecule has 0 saturated carbocycles. The van der Waals surface area contributed by atoms with E-state index in [4.69, 9.17) is 0 Å². The lowest BCUT2D eigenvalue weighted by Crippen LogP contribution is -2.54. The van der Waals surface area contributed by atoms with Crippen molar-refractivity contribution in [1.29, 1.82) is 0 Å². The Balaban J connectivity index is 1.33. The van der Waals surface area contributed by atoms with Crippen LogP contribution in [0.1, 0.15) is 38.2 Å². The Kier molecular flexibility index (Phi) is 4.75. The number of nitrogens with one attached hydrogen (secondary N) is 1. The molecule has 1 N–H and O–H groups in total. The quantitative estimate of drug-likeness (QED) is 0.804. The summed E-state index contributed by atoms with van der Waals surface area (Å²) in [4.78, 5) is 39.1. The van der Waals surface area contributed by atoms with Crippen LogP contribution in [0.5, 0.6) is 0 Å². The van der Waals surface area contributed by atoms with Crippen molar-refractivity contribution in [3.05, 3.63) is 18.0 Å². The van der Waals surface area contributed by atoms with Gasteiger partial charge in [-0.2, -0.15) is 0 Å². The third-order valence-corrected chi connectivity index (χ3v) is 6.11. The van der Waals surface area contributed by atoms with Gasteiger partial charge in [-0.05, 0) is 31.6 Å². The Morgan fingerprint density at radius 2 is 1.89 bits per heavy atom. The van der Waals surface area contributed by atoms with Gasteiger partial charge in [0, 0.05) is 57.7 Å². The van der Waals surface area contributed by atoms with Crippen molar-refractivity contribution in [1.82, 2.24) is 25.1 Å². The summed E-state index contributed by atoms with van der Waals surface area (Å²) in [7, 11) is 1.54. The number of rotatable bonds is 3. The highest BCUT2D eigenvalue weighted by Crippen LogP contribution is 2.29. The first-order valence-corrected chi connectivity index (χ1v) is 9.85. The van der Waals surface area contributed by atoms with Gasteiger partial charge in [-0.25, -0.2) is 14.8 Å². The van der Waals surface area contributed by atoms with Crippen molar-refractivity contribution in [3.8, 4) is 0 Å². The maximum Gasteiger partial charge on any atom is 0.324 e. The second-order valence-corrected chi connectivity index (χ2v) is 8.24. The van der Waals surface area contributed by atoms with Crippen LogP contribution in [0.15, 0.2) is 12.4 Å². The van der Waals surface area contributed by atoms with Gasteiger partial charge < -0.3 is 10.2 Å². The molecule has 1 aromatic heterocycles. The first-order chi connectivity index (χ1) is 13.0. The summed E-state index contributed by atoms with van der Waals surface area (Å²) in [6.45, 7) is 6.65. The average Bonchev–Trinajstić information content (AvgIpc) is 2.88. The van der Waals surface area contributed by atoms with Gasteiger partial charge in [0.1, 0.15) is 5.54 Å². The van der Waals surface area contributed by atoms with Crippen LogP contribution >= 0.6 is 0 Å². The predicted molar refractivity (Wildman–Crippen MR) is 101 cm³/mol. The SMILES string of the molecule is C[C@H]1CCCN(c2ncc(CN3CCC4(CC3)NC(=O)N(C)C4=O)cn2)C1. The number of likely N-dealkylation sites (N-methyl/N-ethyl adjacent to an activating group) is 1. The second-order valence-electron chi connectivity index (χ2n) is 8.24. The summed E-state index contributed by atoms with van der Waals surface area (Å²) in [6, 6.07) is -0.288. The van der Waals surface area contributed by atoms with E-state index in [9.17, 15) is 9.59 Å². The van der Waals surface area contributed by atoms with Crippen LogP contribution in [0, 0.1) is 5.92 Å². The number of likely N-dealkylation sites (tertiary alicyclic amines) is 1. The molecule has 0 aromatic carbocycles. The van der Waals surface area contributed by atoms with Gasteiger partial charge in [0.05, 0.1) is 0 Å². The van der Waals surface area contributed by atoms with Gasteiger partial charge in [0.25, 0.3) is 5.91 Å². The molecule has 3 amide bonds. The molecule has 0 bridgehead atoms. The number of carbonyl (C=O) groups is 2. The summed E-state index contributed by atoms with van der Waals surface area (Å²) in [5, 5.41) is 2.88. The highest BCUT2D eigenvalue weighted by Gasteiger charge is 2.50. The Bertz CT molecular complexity index is 713. The molecule has 0 radical (unpaired) electrons. The van der Waals surface area contributed by atoms with E-state index in [1.807, 2.05) is 12.4 Å². The number of nitrogens with zero attached hydrogens (tertiary/aromatic N) is 5. The lowest BCUT2D eigenvalue weighted by atomic mass is 9.87. The third kappa shape index (κ3) is 3.50. The highest BCUT2D eigenvalue weighted by atomic mass is 16.2. The van der Waals surface area contributed by atoms with Crippen LogP contribution in [0.4, 0.5) is 10.7 Å². The Labute approximate surface area is 159 Å². The van der Waals surface area contributed by atoms with Gasteiger partial charge in [0.15, 0.2) is 0 Å². The zero-order valence-corrected chi connectivity index (χ0v) is 16.1. The van der Waals surface area contributed by atoms with E-state index in [0.717, 1.165) is 44.2 Å². The summed E-state index contributed by atoms with van der Waals surface area (Å²) in [5.74, 6) is 1.42. The molecule has 8 nitrogen and oxygen atoms in total. The molecule has 3 aliphatic rings. The molecular formula is C19H28N6O2. The molecule has 3 fully saturated rings. The first-order valence-electron chi connectivity index (χ1n) is 9.85. The Morgan fingerprint density at radius 3 is 2.48 bits per heavy atom. The number of piperidine rings is 2. The highest BCUT2D eigenvalue weighted by molar-refractivity contribution is 6.06. The first kappa shape index (κ1) is 18.2. The van der Waals surface area contributed by atoms with Crippen molar-refractivity contribution in [3.63, 3.8) is 0 Å². The van der Waals surface area contributed by atoms with Gasteiger partial charge in [-0.15, -0.1) is 0 Å². The number of aromatic nitrogens is 2. The number of hydrogen-bond donors (Lipinski definition) is 1. The minimum absolute atomic E-state index is 0.101. The second kappa shape index (κ2) is 7.07. The van der Waals surface area contributed by atoms with Crippen LogP contribution in [0.3, 0.4) is 0 Å². The molecule has 1 aromatic rings. The molecule has 146 valence electrons. The number of amides is 3. The minimum atomic E-state index is -0.701. The number of carbonyl (C=O) groups excluding carboxylic acids is 2. The molecule has 4 heterocycles. The lowest BCUT2D eigenvalue weighted by molar-refractivity contribution is -0.132. The molecule has 1 atom stereocenters. The third-order valence-electron chi connectivity index (χ3n) is 6.11. The van der Waals surface area contributed by atoms with E-state index in [1.54, 1.807) is 7.05 Å². The van der Waals surface area contributed by atoms with Gasteiger partial charge in [-0.1, -0.05) is 6.92 Å². The number of urea groups is 1. The molecule has 27 heavy (non-hydrogen) atoms. The van der Waals surface area contributed by atoms with Gasteiger partial charge in [-0.3, -0.25) is 14.6 Å². The minimum Gasteiger partial charge on any atom is -0.341 e. The molecule has 4 rings (SSSR count). The molecule has 3 aliphatic heterocycles. The van der Waals surface area contributed by atoms with Gasteiger partial charge in [0.2, 0.25) is 5.95 Å². The number of hydrogen-bond acceptors (Lipinski definition) is 6. The lowest BCUT2D eigenvalue weighted by Gasteiger charge is -2.37. The van der Waals surface area contributed by atoms with Crippen LogP contribution < -0.4 is 10.2 Å². The zero-order chi connectivity index (χ0) is 19.0. The van der Waals surface area contributed by atoms with E-state index in [2.05, 4.69) is 32.0 Å². The van der Waals surface area contributed by atoms with Crippen LogP contribution in [-0.2, 0) is 11.3 Å². The number of anilines is 1. The zero-order valence-electron chi connectivity index (χ0n) is 16.1. The maximum atomic E-state index is 12.4. The molecule has 0 unspecified atom stereocenters. The Morgan fingerprint density at radius 1 is 1.19 bits per heavy atom. The summed E-state index contributed by atoms with van der Waals surface area (Å²) in [5.41, 5.74) is 0.381. The maximum absolute atomic E-state index is 12.4. The smallest absolute Gasteiger partial charge is 0.324 e. The van der Waals surface area contributed by atoms with Crippen molar-refractivity contribution >= 4 is 17.9 Å². The van der Waals surface area contributed by atoms with E-state index in [-0.39, 0.29) is 11.9 Å². The standard InChI is InChI=1S/C19H28N6O2/c1-14-4-3-7-25(12-14)17-20-10-15(11-21-17)13-24-8-5-19(6-9-24)16(26)23(2)18(27)22-19/h10-11,14H,3-9,12-13H2,1-2H3,(H,22,27)/t14-/m0/s1. The van der Waals surface area contributed by atoms with Crippen LogP contribution in [-0.4, -0.2) is 70.5 Å². The predicted octanol–water partition coefficient (Wildman–Crippen LogP) is 1.23. The van der Waals surface area contributed by atoms with E-state index < -0.39 is 5.54 Å². The van der Waals surface area contributed by atoms with E-state index in [0.29, 0.717) is 18.8 Å². The molecule has 3 saturated heterocycles. The topological polar surface area (TPSA) is 81.7 Å². The fraction of sp³-hybridized carbons (Fsp3) is 0.684.